The first-order chi connectivity index (χ1) is 13.8. The van der Waals surface area contributed by atoms with Crippen LogP contribution in [-0.2, 0) is 16.4 Å². The highest BCUT2D eigenvalue weighted by Gasteiger charge is 2.31. The average Bonchev–Trinajstić information content (AvgIpc) is 3.17. The van der Waals surface area contributed by atoms with Gasteiger partial charge in [0.1, 0.15) is 11.5 Å². The van der Waals surface area contributed by atoms with Crippen molar-refractivity contribution in [2.45, 2.75) is 30.2 Å². The molecule has 0 amide bonds. The summed E-state index contributed by atoms with van der Waals surface area (Å²) < 4.78 is 40.7. The Morgan fingerprint density at radius 1 is 1.14 bits per heavy atom. The molecular formula is C19H21FN4O4S. The molecule has 2 aromatic carbocycles. The third-order valence-electron chi connectivity index (χ3n) is 5.41. The molecule has 1 saturated heterocycles. The number of nitrogens with one attached hydrogen (secondary N) is 2. The van der Waals surface area contributed by atoms with E-state index in [4.69, 9.17) is 0 Å². The summed E-state index contributed by atoms with van der Waals surface area (Å²) in [6.45, 7) is 1.76. The molecule has 0 aliphatic carbocycles. The van der Waals surface area contributed by atoms with Gasteiger partial charge in [-0.2, -0.15) is 0 Å². The third-order valence-corrected chi connectivity index (χ3v) is 6.94. The van der Waals surface area contributed by atoms with Crippen LogP contribution in [0.1, 0.15) is 18.4 Å². The van der Waals surface area contributed by atoms with Crippen LogP contribution in [0.3, 0.4) is 0 Å². The van der Waals surface area contributed by atoms with Crippen molar-refractivity contribution in [3.05, 3.63) is 57.9 Å². The summed E-state index contributed by atoms with van der Waals surface area (Å²) >= 11 is 0. The normalized spacial score (nSPS) is 17.1. The number of fused-ring (bicyclic) bond motifs is 1. The number of anilines is 2. The lowest BCUT2D eigenvalue weighted by Gasteiger charge is -2.34. The zero-order valence-electron chi connectivity index (χ0n) is 15.6. The highest BCUT2D eigenvalue weighted by atomic mass is 32.2. The standard InChI is InChI=1S/C19H21FN4O4S/c20-13-1-3-15(4-2-13)29(27,28)22-14-8-11-23(12-9-14)19-16-7-10-21-17(16)5-6-18(19)24(25)26/h1-6,14,21-22H,7-12H2. The van der Waals surface area contributed by atoms with Crippen LogP contribution < -0.4 is 14.9 Å². The molecule has 0 saturated carbocycles. The molecular weight excluding hydrogens is 399 g/mol. The first kappa shape index (κ1) is 19.6. The maximum absolute atomic E-state index is 13.0. The fourth-order valence-corrected chi connectivity index (χ4v) is 5.29. The molecule has 4 rings (SSSR count). The quantitative estimate of drug-likeness (QED) is 0.569. The third kappa shape index (κ3) is 3.90. The van der Waals surface area contributed by atoms with Crippen molar-refractivity contribution >= 4 is 27.1 Å². The molecule has 0 unspecified atom stereocenters. The Labute approximate surface area is 167 Å². The number of benzene rings is 2. The molecule has 2 aromatic rings. The molecule has 29 heavy (non-hydrogen) atoms. The zero-order chi connectivity index (χ0) is 20.6. The highest BCUT2D eigenvalue weighted by molar-refractivity contribution is 7.89. The number of piperidine rings is 1. The van der Waals surface area contributed by atoms with Gasteiger partial charge in [0.25, 0.3) is 5.69 Å². The lowest BCUT2D eigenvalue weighted by atomic mass is 10.0. The van der Waals surface area contributed by atoms with Crippen LogP contribution in [0.2, 0.25) is 0 Å². The van der Waals surface area contributed by atoms with Gasteiger partial charge in [0, 0.05) is 43.0 Å². The van der Waals surface area contributed by atoms with Crippen LogP contribution in [0.25, 0.3) is 0 Å². The maximum Gasteiger partial charge on any atom is 0.292 e. The van der Waals surface area contributed by atoms with Gasteiger partial charge in [-0.3, -0.25) is 10.1 Å². The maximum atomic E-state index is 13.0. The predicted molar refractivity (Wildman–Crippen MR) is 107 cm³/mol. The Morgan fingerprint density at radius 3 is 2.48 bits per heavy atom. The van der Waals surface area contributed by atoms with E-state index in [1.807, 2.05) is 4.90 Å². The highest BCUT2D eigenvalue weighted by Crippen LogP contribution is 2.40. The monoisotopic (exact) mass is 420 g/mol. The number of hydrogen-bond acceptors (Lipinski definition) is 6. The summed E-state index contributed by atoms with van der Waals surface area (Å²) in [7, 11) is -3.74. The second kappa shape index (κ2) is 7.60. The number of halogens is 1. The summed E-state index contributed by atoms with van der Waals surface area (Å²) in [5.74, 6) is -0.497. The van der Waals surface area contributed by atoms with Gasteiger partial charge in [0.15, 0.2) is 0 Å². The SMILES string of the molecule is O=[N+]([O-])c1ccc2c(c1N1CCC(NS(=O)(=O)c3ccc(F)cc3)CC1)CCN2. The van der Waals surface area contributed by atoms with Crippen molar-refractivity contribution in [1.29, 1.82) is 0 Å². The fraction of sp³-hybridized carbons (Fsp3) is 0.368. The number of nitro benzene ring substituents is 1. The minimum Gasteiger partial charge on any atom is -0.384 e. The van der Waals surface area contributed by atoms with Gasteiger partial charge in [-0.05, 0) is 49.6 Å². The van der Waals surface area contributed by atoms with Crippen molar-refractivity contribution in [1.82, 2.24) is 4.72 Å². The van der Waals surface area contributed by atoms with E-state index in [1.165, 1.54) is 18.2 Å². The van der Waals surface area contributed by atoms with E-state index in [0.717, 1.165) is 36.3 Å². The first-order valence-electron chi connectivity index (χ1n) is 9.42. The van der Waals surface area contributed by atoms with E-state index >= 15 is 0 Å². The van der Waals surface area contributed by atoms with Crippen LogP contribution >= 0.6 is 0 Å². The van der Waals surface area contributed by atoms with E-state index in [9.17, 15) is 22.9 Å². The first-order valence-corrected chi connectivity index (χ1v) is 10.9. The van der Waals surface area contributed by atoms with Gasteiger partial charge >= 0.3 is 0 Å². The van der Waals surface area contributed by atoms with E-state index in [-0.39, 0.29) is 21.5 Å². The summed E-state index contributed by atoms with van der Waals surface area (Å²) in [6, 6.07) is 7.67. The van der Waals surface area contributed by atoms with Crippen LogP contribution in [0.15, 0.2) is 41.3 Å². The van der Waals surface area contributed by atoms with Crippen molar-refractivity contribution in [2.24, 2.45) is 0 Å². The van der Waals surface area contributed by atoms with E-state index < -0.39 is 15.8 Å². The van der Waals surface area contributed by atoms with Crippen LogP contribution in [0.5, 0.6) is 0 Å². The molecule has 2 heterocycles. The van der Waals surface area contributed by atoms with Crippen LogP contribution in [-0.4, -0.2) is 39.0 Å². The lowest BCUT2D eigenvalue weighted by molar-refractivity contribution is -0.384. The van der Waals surface area contributed by atoms with E-state index in [0.29, 0.717) is 31.6 Å². The lowest BCUT2D eigenvalue weighted by Crippen LogP contribution is -2.45. The number of nitro groups is 1. The van der Waals surface area contributed by atoms with Crippen LogP contribution in [0.4, 0.5) is 21.5 Å². The molecule has 0 spiro atoms. The Kier molecular flexibility index (Phi) is 5.13. The Hall–Kier alpha value is -2.72. The van der Waals surface area contributed by atoms with E-state index in [1.54, 1.807) is 6.07 Å². The topological polar surface area (TPSA) is 105 Å². The molecule has 0 atom stereocenters. The molecule has 0 aromatic heterocycles. The largest absolute Gasteiger partial charge is 0.384 e. The minimum absolute atomic E-state index is 0.0175. The molecule has 0 radical (unpaired) electrons. The van der Waals surface area contributed by atoms with E-state index in [2.05, 4.69) is 10.0 Å². The molecule has 1 fully saturated rings. The van der Waals surface area contributed by atoms with Crippen molar-refractivity contribution < 1.29 is 17.7 Å². The van der Waals surface area contributed by atoms with Crippen molar-refractivity contribution in [2.75, 3.05) is 29.9 Å². The molecule has 0 bridgehead atoms. The number of hydrogen-bond donors (Lipinski definition) is 2. The zero-order valence-corrected chi connectivity index (χ0v) is 16.4. The van der Waals surface area contributed by atoms with Crippen molar-refractivity contribution in [3.63, 3.8) is 0 Å². The Bertz CT molecular complexity index is 1030. The second-order valence-corrected chi connectivity index (χ2v) is 8.94. The van der Waals surface area contributed by atoms with Crippen LogP contribution in [0, 0.1) is 15.9 Å². The van der Waals surface area contributed by atoms with Crippen molar-refractivity contribution in [3.8, 4) is 0 Å². The van der Waals surface area contributed by atoms with Gasteiger partial charge in [0.2, 0.25) is 10.0 Å². The van der Waals surface area contributed by atoms with Gasteiger partial charge < -0.3 is 10.2 Å². The molecule has 2 N–H and O–H groups in total. The average molecular weight is 420 g/mol. The summed E-state index contributed by atoms with van der Waals surface area (Å²) in [4.78, 5) is 13.2. The molecule has 10 heteroatoms. The summed E-state index contributed by atoms with van der Waals surface area (Å²) in [6.07, 6.45) is 1.77. The van der Waals surface area contributed by atoms with Gasteiger partial charge in [-0.15, -0.1) is 0 Å². The minimum atomic E-state index is -3.74. The predicted octanol–water partition coefficient (Wildman–Crippen LogP) is 2.65. The molecule has 2 aliphatic rings. The smallest absolute Gasteiger partial charge is 0.292 e. The van der Waals surface area contributed by atoms with Gasteiger partial charge in [-0.25, -0.2) is 17.5 Å². The molecule has 2 aliphatic heterocycles. The molecule has 154 valence electrons. The second-order valence-electron chi connectivity index (χ2n) is 7.23. The summed E-state index contributed by atoms with van der Waals surface area (Å²) in [5, 5.41) is 14.8. The summed E-state index contributed by atoms with van der Waals surface area (Å²) in [5.41, 5.74) is 2.59. The number of nitrogens with zero attached hydrogens (tertiary/aromatic N) is 2. The Balaban J connectivity index is 1.49. The fourth-order valence-electron chi connectivity index (χ4n) is 3.99. The van der Waals surface area contributed by atoms with Gasteiger partial charge in [-0.1, -0.05) is 0 Å². The Morgan fingerprint density at radius 2 is 1.83 bits per heavy atom. The number of rotatable bonds is 5. The van der Waals surface area contributed by atoms with Gasteiger partial charge in [0.05, 0.1) is 9.82 Å². The molecule has 8 nitrogen and oxygen atoms in total. The number of sulfonamides is 1.